The molecule has 1 aromatic carbocycles. The molecule has 0 aliphatic rings. The van der Waals surface area contributed by atoms with Crippen molar-refractivity contribution in [2.75, 3.05) is 0 Å². The summed E-state index contributed by atoms with van der Waals surface area (Å²) in [6, 6.07) is 5.43. The van der Waals surface area contributed by atoms with E-state index in [1.54, 1.807) is 0 Å². The summed E-state index contributed by atoms with van der Waals surface area (Å²) < 4.78 is 24.8. The highest BCUT2D eigenvalue weighted by molar-refractivity contribution is 5.41. The molecule has 0 saturated carbocycles. The maximum atomic E-state index is 12.4. The molecule has 0 saturated heterocycles. The molecule has 0 bridgehead atoms. The predicted octanol–water partition coefficient (Wildman–Crippen LogP) is 2.99. The molecule has 0 heterocycles. The number of nitrogens with zero attached hydrogens (tertiary/aromatic N) is 1. The highest BCUT2D eigenvalue weighted by atomic mass is 19.3. The second-order valence-electron chi connectivity index (χ2n) is 3.35. The van der Waals surface area contributed by atoms with Crippen LogP contribution in [0.15, 0.2) is 24.3 Å². The van der Waals surface area contributed by atoms with Gasteiger partial charge in [0.1, 0.15) is 0 Å². The van der Waals surface area contributed by atoms with E-state index in [1.807, 2.05) is 0 Å². The van der Waals surface area contributed by atoms with Crippen LogP contribution in [-0.4, -0.2) is 10.8 Å². The van der Waals surface area contributed by atoms with Crippen LogP contribution in [-0.2, 0) is 0 Å². The van der Waals surface area contributed by atoms with Crippen LogP contribution in [0.3, 0.4) is 0 Å². The number of hydrogen-bond donors (Lipinski definition) is 0. The number of rotatable bonds is 2. The molecule has 5 heteroatoms. The minimum Gasteiger partial charge on any atom is -0.258 e. The van der Waals surface area contributed by atoms with E-state index >= 15 is 0 Å². The summed E-state index contributed by atoms with van der Waals surface area (Å²) in [6.45, 7) is 0.789. The molecule has 0 spiro atoms. The maximum Gasteiger partial charge on any atom is 0.269 e. The van der Waals surface area contributed by atoms with Gasteiger partial charge in [0.05, 0.1) is 11.3 Å². The number of nitro benzene ring substituents is 1. The van der Waals surface area contributed by atoms with Gasteiger partial charge >= 0.3 is 0 Å². The van der Waals surface area contributed by atoms with Crippen molar-refractivity contribution in [3.05, 3.63) is 39.9 Å². The molecule has 0 atom stereocenters. The van der Waals surface area contributed by atoms with Gasteiger partial charge < -0.3 is 0 Å². The van der Waals surface area contributed by atoms with Crippen molar-refractivity contribution in [3.8, 4) is 11.8 Å². The van der Waals surface area contributed by atoms with Crippen molar-refractivity contribution >= 4 is 5.69 Å². The van der Waals surface area contributed by atoms with E-state index in [1.165, 1.54) is 24.3 Å². The van der Waals surface area contributed by atoms with Crippen molar-refractivity contribution in [3.63, 3.8) is 0 Å². The van der Waals surface area contributed by atoms with Gasteiger partial charge in [-0.25, -0.2) is 8.78 Å². The molecule has 0 aromatic heterocycles. The second kappa shape index (κ2) is 4.71. The lowest BCUT2D eigenvalue weighted by Gasteiger charge is -2.02. The Hall–Kier alpha value is -1.96. The molecular weight excluding hydrogens is 216 g/mol. The lowest BCUT2D eigenvalue weighted by Crippen LogP contribution is -2.06. The first-order valence-corrected chi connectivity index (χ1v) is 4.50. The van der Waals surface area contributed by atoms with E-state index in [2.05, 4.69) is 11.8 Å². The fraction of sp³-hybridized carbons (Fsp3) is 0.273. The molecule has 0 aliphatic heterocycles. The number of hydrogen-bond acceptors (Lipinski definition) is 2. The van der Waals surface area contributed by atoms with Gasteiger partial charge in [-0.1, -0.05) is 11.8 Å². The molecule has 3 nitrogen and oxygen atoms in total. The summed E-state index contributed by atoms with van der Waals surface area (Å²) in [6.07, 6.45) is -0.524. The third kappa shape index (κ3) is 4.05. The summed E-state index contributed by atoms with van der Waals surface area (Å²) in [5, 5.41) is 10.3. The monoisotopic (exact) mass is 225 g/mol. The summed E-state index contributed by atoms with van der Waals surface area (Å²) in [7, 11) is 0. The summed E-state index contributed by atoms with van der Waals surface area (Å²) >= 11 is 0. The number of halogens is 2. The van der Waals surface area contributed by atoms with E-state index in [0.29, 0.717) is 5.56 Å². The molecule has 0 aliphatic carbocycles. The van der Waals surface area contributed by atoms with Crippen molar-refractivity contribution in [1.82, 2.24) is 0 Å². The molecule has 16 heavy (non-hydrogen) atoms. The van der Waals surface area contributed by atoms with Crippen LogP contribution < -0.4 is 0 Å². The van der Waals surface area contributed by atoms with Crippen LogP contribution >= 0.6 is 0 Å². The van der Waals surface area contributed by atoms with Crippen LogP contribution in [0.2, 0.25) is 0 Å². The van der Waals surface area contributed by atoms with Crippen LogP contribution in [0.4, 0.5) is 14.5 Å². The van der Waals surface area contributed by atoms with Crippen LogP contribution in [0.5, 0.6) is 0 Å². The Kier molecular flexibility index (Phi) is 3.56. The Labute approximate surface area is 91.2 Å². The molecule has 84 valence electrons. The van der Waals surface area contributed by atoms with E-state index in [-0.39, 0.29) is 5.69 Å². The molecule has 0 N–H and O–H groups in total. The summed E-state index contributed by atoms with van der Waals surface area (Å²) in [4.78, 5) is 9.80. The number of benzene rings is 1. The van der Waals surface area contributed by atoms with Gasteiger partial charge in [-0.15, -0.1) is 0 Å². The lowest BCUT2D eigenvalue weighted by molar-refractivity contribution is -0.384. The van der Waals surface area contributed by atoms with Crippen LogP contribution in [0.1, 0.15) is 18.9 Å². The average molecular weight is 225 g/mol. The van der Waals surface area contributed by atoms with Gasteiger partial charge in [0.25, 0.3) is 11.6 Å². The quantitative estimate of drug-likeness (QED) is 0.441. The number of nitro groups is 1. The van der Waals surface area contributed by atoms with Crippen LogP contribution in [0, 0.1) is 22.0 Å². The largest absolute Gasteiger partial charge is 0.269 e. The smallest absolute Gasteiger partial charge is 0.258 e. The average Bonchev–Trinajstić information content (AvgIpc) is 2.16. The molecule has 0 unspecified atom stereocenters. The third-order valence-corrected chi connectivity index (χ3v) is 1.71. The molecule has 0 radical (unpaired) electrons. The van der Waals surface area contributed by atoms with Gasteiger partial charge in [-0.3, -0.25) is 10.1 Å². The highest BCUT2D eigenvalue weighted by Gasteiger charge is 2.18. The van der Waals surface area contributed by atoms with E-state index < -0.39 is 17.3 Å². The van der Waals surface area contributed by atoms with Gasteiger partial charge in [0.2, 0.25) is 0 Å². The topological polar surface area (TPSA) is 43.1 Å². The van der Waals surface area contributed by atoms with Gasteiger partial charge in [0.15, 0.2) is 0 Å². The van der Waals surface area contributed by atoms with E-state index in [9.17, 15) is 18.9 Å². The lowest BCUT2D eigenvalue weighted by atomic mass is 10.2. The minimum atomic E-state index is -2.81. The first-order valence-electron chi connectivity index (χ1n) is 4.50. The Balaban J connectivity index is 2.72. The Bertz CT molecular complexity index is 438. The summed E-state index contributed by atoms with van der Waals surface area (Å²) in [5.41, 5.74) is 0.432. The number of alkyl halides is 2. The minimum absolute atomic E-state index is 0.0497. The Morgan fingerprint density at radius 3 is 2.38 bits per heavy atom. The standard InChI is InChI=1S/C11H9F2NO2/c1-11(12,13)8-2-3-9-4-6-10(7-5-9)14(15)16/h4-7H,8H2,1H3. The van der Waals surface area contributed by atoms with Crippen molar-refractivity contribution in [1.29, 1.82) is 0 Å². The zero-order chi connectivity index (χ0) is 12.2. The SMILES string of the molecule is CC(F)(F)CC#Cc1ccc([N+](=O)[O-])cc1. The molecule has 1 rings (SSSR count). The molecular formula is C11H9F2NO2. The predicted molar refractivity (Wildman–Crippen MR) is 55.2 cm³/mol. The summed E-state index contributed by atoms with van der Waals surface area (Å²) in [5.74, 6) is 2.02. The number of non-ortho nitro benzene ring substituents is 1. The van der Waals surface area contributed by atoms with Crippen molar-refractivity contribution in [2.24, 2.45) is 0 Å². The van der Waals surface area contributed by atoms with E-state index in [4.69, 9.17) is 0 Å². The maximum absolute atomic E-state index is 12.4. The Morgan fingerprint density at radius 2 is 1.94 bits per heavy atom. The van der Waals surface area contributed by atoms with Crippen LogP contribution in [0.25, 0.3) is 0 Å². The normalized spacial score (nSPS) is 10.4. The molecule has 0 amide bonds. The van der Waals surface area contributed by atoms with Crippen molar-refractivity contribution < 1.29 is 13.7 Å². The van der Waals surface area contributed by atoms with Crippen molar-refractivity contribution in [2.45, 2.75) is 19.3 Å². The zero-order valence-electron chi connectivity index (χ0n) is 8.54. The van der Waals surface area contributed by atoms with Gasteiger partial charge in [0, 0.05) is 24.6 Å². The Morgan fingerprint density at radius 1 is 1.38 bits per heavy atom. The molecule has 1 aromatic rings. The fourth-order valence-corrected chi connectivity index (χ4v) is 0.968. The highest BCUT2D eigenvalue weighted by Crippen LogP contribution is 2.15. The van der Waals surface area contributed by atoms with Gasteiger partial charge in [-0.2, -0.15) is 0 Å². The second-order valence-corrected chi connectivity index (χ2v) is 3.35. The first kappa shape index (κ1) is 12.1. The first-order chi connectivity index (χ1) is 7.38. The molecule has 0 fully saturated rings. The third-order valence-electron chi connectivity index (χ3n) is 1.71. The fourth-order valence-electron chi connectivity index (χ4n) is 0.968. The van der Waals surface area contributed by atoms with Gasteiger partial charge in [-0.05, 0) is 12.1 Å². The van der Waals surface area contributed by atoms with E-state index in [0.717, 1.165) is 6.92 Å². The zero-order valence-corrected chi connectivity index (χ0v) is 8.54.